The Hall–Kier alpha value is -3.22. The zero-order valence-electron chi connectivity index (χ0n) is 19.8. The summed E-state index contributed by atoms with van der Waals surface area (Å²) >= 11 is -1.44. The maximum atomic E-state index is 15.0. The van der Waals surface area contributed by atoms with Crippen LogP contribution in [0.15, 0.2) is 46.2 Å². The number of methoxy groups -OCH3 is 1. The maximum absolute atomic E-state index is 15.0. The Kier molecular flexibility index (Phi) is 7.53. The number of nitrogens with zero attached hydrogens (tertiary/aromatic N) is 5. The maximum Gasteiger partial charge on any atom is 0.235 e. The number of nitrogens with one attached hydrogen (secondary N) is 1. The second kappa shape index (κ2) is 10.6. The van der Waals surface area contributed by atoms with Gasteiger partial charge in [-0.15, -0.1) is 0 Å². The Labute approximate surface area is 206 Å². The molecule has 0 aliphatic carbocycles. The molecule has 4 rings (SSSR count). The minimum Gasteiger partial charge on any atom is -0.593 e. The van der Waals surface area contributed by atoms with Crippen LogP contribution in [0.1, 0.15) is 25.3 Å². The number of guanidine groups is 1. The molecule has 0 saturated heterocycles. The van der Waals surface area contributed by atoms with Crippen molar-refractivity contribution in [1.82, 2.24) is 24.7 Å². The van der Waals surface area contributed by atoms with E-state index in [1.807, 2.05) is 7.05 Å². The summed E-state index contributed by atoms with van der Waals surface area (Å²) < 4.78 is 40.1. The Morgan fingerprint density at radius 3 is 2.77 bits per heavy atom. The molecule has 1 aliphatic rings. The van der Waals surface area contributed by atoms with Crippen LogP contribution in [0, 0.1) is 5.82 Å². The molecule has 3 N–H and O–H groups in total. The molecule has 3 aromatic rings. The lowest BCUT2D eigenvalue weighted by atomic mass is 9.92. The van der Waals surface area contributed by atoms with E-state index in [1.165, 1.54) is 25.6 Å². The van der Waals surface area contributed by atoms with Gasteiger partial charge in [-0.1, -0.05) is 5.16 Å². The highest BCUT2D eigenvalue weighted by Gasteiger charge is 2.43. The van der Waals surface area contributed by atoms with E-state index in [0.29, 0.717) is 35.1 Å². The molecule has 12 heteroatoms. The summed E-state index contributed by atoms with van der Waals surface area (Å²) in [6, 6.07) is 6.26. The fourth-order valence-corrected chi connectivity index (χ4v) is 5.29. The van der Waals surface area contributed by atoms with Crippen molar-refractivity contribution in [2.45, 2.75) is 25.3 Å². The molecule has 2 atom stereocenters. The van der Waals surface area contributed by atoms with Gasteiger partial charge in [-0.2, -0.15) is 4.31 Å². The molecule has 35 heavy (non-hydrogen) atoms. The van der Waals surface area contributed by atoms with Crippen LogP contribution >= 0.6 is 0 Å². The van der Waals surface area contributed by atoms with Crippen LogP contribution in [0.2, 0.25) is 0 Å². The van der Waals surface area contributed by atoms with Crippen LogP contribution < -0.4 is 15.8 Å². The third-order valence-corrected chi connectivity index (χ3v) is 7.42. The lowest BCUT2D eigenvalue weighted by Crippen LogP contribution is -2.52. The zero-order valence-corrected chi connectivity index (χ0v) is 20.6. The van der Waals surface area contributed by atoms with E-state index in [0.717, 1.165) is 19.4 Å². The first kappa shape index (κ1) is 24.9. The second-order valence-electron chi connectivity index (χ2n) is 8.34. The molecule has 186 valence electrons. The molecule has 0 unspecified atom stereocenters. The van der Waals surface area contributed by atoms with Gasteiger partial charge < -0.3 is 24.9 Å². The van der Waals surface area contributed by atoms with E-state index < -0.39 is 22.7 Å². The Morgan fingerprint density at radius 2 is 2.09 bits per heavy atom. The molecule has 1 aromatic carbocycles. The van der Waals surface area contributed by atoms with Crippen molar-refractivity contribution in [2.75, 3.05) is 33.0 Å². The van der Waals surface area contributed by atoms with Gasteiger partial charge in [0.05, 0.1) is 37.4 Å². The number of aliphatic imine (C=N–C) groups is 1. The standard InChI is InChI=1S/C23H28FN7O3S/c1-23(14-35(32)31(22(25)29-23)9-5-4-8-26-2)16-10-15(6-7-17(16)24)20-11-18(30-34-20)19-12-28-21(33-3)13-27-19/h6-7,10-13,26H,4-5,8-9,14H2,1-3H3,(H2,25,29)/t23-,35+/m0/s1. The van der Waals surface area contributed by atoms with Gasteiger partial charge in [0.2, 0.25) is 11.8 Å². The molecular weight excluding hydrogens is 473 g/mol. The van der Waals surface area contributed by atoms with E-state index in [1.54, 1.807) is 29.4 Å². The van der Waals surface area contributed by atoms with E-state index in [4.69, 9.17) is 15.0 Å². The first-order valence-electron chi connectivity index (χ1n) is 11.1. The minimum atomic E-state index is -1.44. The largest absolute Gasteiger partial charge is 0.593 e. The highest BCUT2D eigenvalue weighted by Crippen LogP contribution is 2.36. The Bertz CT molecular complexity index is 1190. The topological polar surface area (TPSA) is 138 Å². The number of aromatic nitrogens is 3. The number of nitrogens with two attached hydrogens (primary N) is 1. The number of unbranched alkanes of at least 4 members (excludes halogenated alkanes) is 1. The second-order valence-corrected chi connectivity index (χ2v) is 9.71. The number of ether oxygens (including phenoxy) is 1. The van der Waals surface area contributed by atoms with Crippen LogP contribution in [0.25, 0.3) is 22.7 Å². The van der Waals surface area contributed by atoms with Gasteiger partial charge in [0.15, 0.2) is 11.5 Å². The normalized spacial score (nSPS) is 20.1. The molecule has 1 aliphatic heterocycles. The highest BCUT2D eigenvalue weighted by molar-refractivity contribution is 7.89. The van der Waals surface area contributed by atoms with Gasteiger partial charge in [-0.25, -0.2) is 19.4 Å². The molecule has 3 heterocycles. The van der Waals surface area contributed by atoms with Crippen LogP contribution in [0.3, 0.4) is 0 Å². The van der Waals surface area contributed by atoms with Crippen LogP contribution in [-0.2, 0) is 16.9 Å². The predicted molar refractivity (Wildman–Crippen MR) is 131 cm³/mol. The van der Waals surface area contributed by atoms with Crippen LogP contribution in [-0.4, -0.2) is 62.9 Å². The van der Waals surface area contributed by atoms with Crippen molar-refractivity contribution < 1.29 is 18.2 Å². The smallest absolute Gasteiger partial charge is 0.235 e. The van der Waals surface area contributed by atoms with E-state index in [9.17, 15) is 8.94 Å². The average Bonchev–Trinajstić information content (AvgIpc) is 3.33. The van der Waals surface area contributed by atoms with Gasteiger partial charge in [0.25, 0.3) is 0 Å². The lowest BCUT2D eigenvalue weighted by molar-refractivity contribution is 0.395. The number of benzene rings is 1. The summed E-state index contributed by atoms with van der Waals surface area (Å²) in [5, 5.41) is 7.14. The van der Waals surface area contributed by atoms with Crippen molar-refractivity contribution in [3.63, 3.8) is 0 Å². The SMILES string of the molecule is CNCCCCN1C(N)=N[C@](C)(c2cc(-c3cc(-c4cnc(OC)cn4)no3)ccc2F)C[S@@+]1[O-]. The monoisotopic (exact) mass is 501 g/mol. The number of hydrogen-bond donors (Lipinski definition) is 2. The third kappa shape index (κ3) is 5.39. The fourth-order valence-electron chi connectivity index (χ4n) is 3.85. The molecule has 10 nitrogen and oxygen atoms in total. The molecule has 0 spiro atoms. The molecule has 0 amide bonds. The molecule has 0 radical (unpaired) electrons. The van der Waals surface area contributed by atoms with Crippen LogP contribution in [0.4, 0.5) is 4.39 Å². The number of halogens is 1. The van der Waals surface area contributed by atoms with Gasteiger partial charge in [0, 0.05) is 17.2 Å². The first-order chi connectivity index (χ1) is 16.8. The number of hydrogen-bond acceptors (Lipinski definition) is 10. The zero-order chi connectivity index (χ0) is 25.0. The molecule has 2 aromatic heterocycles. The van der Waals surface area contributed by atoms with Crippen molar-refractivity contribution in [2.24, 2.45) is 10.7 Å². The average molecular weight is 502 g/mol. The minimum absolute atomic E-state index is 0.114. The Morgan fingerprint density at radius 1 is 1.26 bits per heavy atom. The summed E-state index contributed by atoms with van der Waals surface area (Å²) in [7, 11) is 3.39. The van der Waals surface area contributed by atoms with Gasteiger partial charge in [-0.05, 0) is 51.6 Å². The summed E-state index contributed by atoms with van der Waals surface area (Å²) in [5.74, 6) is 0.598. The van der Waals surface area contributed by atoms with E-state index in [2.05, 4.69) is 25.4 Å². The van der Waals surface area contributed by atoms with Gasteiger partial charge in [0.1, 0.15) is 22.7 Å². The quantitative estimate of drug-likeness (QED) is 0.334. The van der Waals surface area contributed by atoms with E-state index in [-0.39, 0.29) is 17.3 Å². The molecule has 0 bridgehead atoms. The lowest BCUT2D eigenvalue weighted by Gasteiger charge is -2.37. The van der Waals surface area contributed by atoms with Gasteiger partial charge >= 0.3 is 0 Å². The summed E-state index contributed by atoms with van der Waals surface area (Å²) in [6.07, 6.45) is 4.75. The molecular formula is C23H28FN7O3S. The third-order valence-electron chi connectivity index (χ3n) is 5.75. The highest BCUT2D eigenvalue weighted by atomic mass is 32.2. The molecule has 0 fully saturated rings. The predicted octanol–water partition coefficient (Wildman–Crippen LogP) is 2.46. The summed E-state index contributed by atoms with van der Waals surface area (Å²) in [6.45, 7) is 3.12. The molecule has 0 saturated carbocycles. The van der Waals surface area contributed by atoms with Crippen molar-refractivity contribution in [3.8, 4) is 28.6 Å². The summed E-state index contributed by atoms with van der Waals surface area (Å²) in [5.41, 5.74) is 6.94. The van der Waals surface area contributed by atoms with E-state index >= 15 is 0 Å². The fraction of sp³-hybridized carbons (Fsp3) is 0.391. The van der Waals surface area contributed by atoms with Crippen molar-refractivity contribution in [3.05, 3.63) is 48.0 Å². The van der Waals surface area contributed by atoms with Crippen LogP contribution in [0.5, 0.6) is 5.88 Å². The van der Waals surface area contributed by atoms with Crippen molar-refractivity contribution >= 4 is 17.3 Å². The van der Waals surface area contributed by atoms with Gasteiger partial charge in [-0.3, -0.25) is 0 Å². The number of rotatable bonds is 9. The summed E-state index contributed by atoms with van der Waals surface area (Å²) in [4.78, 5) is 13.0. The first-order valence-corrected chi connectivity index (χ1v) is 12.4. The Balaban J connectivity index is 1.59. The van der Waals surface area contributed by atoms with Crippen molar-refractivity contribution in [1.29, 1.82) is 0 Å².